The number of nitrogen functional groups attached to an aromatic ring is 1. The van der Waals surface area contributed by atoms with Gasteiger partial charge in [0, 0.05) is 12.8 Å². The number of hydrogen-bond acceptors (Lipinski definition) is 5. The van der Waals surface area contributed by atoms with E-state index in [1.807, 2.05) is 30.3 Å². The van der Waals surface area contributed by atoms with Gasteiger partial charge in [-0.15, -0.1) is 0 Å². The number of hydrogen-bond donors (Lipinski definition) is 2. The van der Waals surface area contributed by atoms with Gasteiger partial charge in [0.1, 0.15) is 5.82 Å². The van der Waals surface area contributed by atoms with Crippen LogP contribution < -0.4 is 11.1 Å². The SMILES string of the molecule is Nc1ccc(-c2ccccn2)nc1NC1CCOC1. The van der Waals surface area contributed by atoms with Crippen molar-refractivity contribution >= 4 is 11.5 Å². The number of pyridine rings is 2. The number of rotatable bonds is 3. The zero-order chi connectivity index (χ0) is 13.1. The predicted octanol–water partition coefficient (Wildman–Crippen LogP) is 1.93. The third kappa shape index (κ3) is 2.66. The number of nitrogens with two attached hydrogens (primary N) is 1. The number of anilines is 2. The van der Waals surface area contributed by atoms with Crippen molar-refractivity contribution in [1.29, 1.82) is 0 Å². The van der Waals surface area contributed by atoms with Crippen LogP contribution in [0, 0.1) is 0 Å². The molecule has 1 aliphatic heterocycles. The Morgan fingerprint density at radius 3 is 2.89 bits per heavy atom. The molecule has 0 aliphatic carbocycles. The number of ether oxygens (including phenoxy) is 1. The Morgan fingerprint density at radius 2 is 2.16 bits per heavy atom. The van der Waals surface area contributed by atoms with Crippen LogP contribution in [0.15, 0.2) is 36.5 Å². The summed E-state index contributed by atoms with van der Waals surface area (Å²) >= 11 is 0. The molecule has 0 bridgehead atoms. The molecule has 2 aromatic heterocycles. The van der Waals surface area contributed by atoms with Crippen LogP contribution in [0.25, 0.3) is 11.4 Å². The fraction of sp³-hybridized carbons (Fsp3) is 0.286. The van der Waals surface area contributed by atoms with E-state index in [-0.39, 0.29) is 6.04 Å². The second-order valence-electron chi connectivity index (χ2n) is 4.55. The topological polar surface area (TPSA) is 73.1 Å². The van der Waals surface area contributed by atoms with E-state index >= 15 is 0 Å². The van der Waals surface area contributed by atoms with E-state index < -0.39 is 0 Å². The maximum Gasteiger partial charge on any atom is 0.150 e. The van der Waals surface area contributed by atoms with Crippen molar-refractivity contribution in [2.75, 3.05) is 24.3 Å². The number of nitrogens with one attached hydrogen (secondary N) is 1. The summed E-state index contributed by atoms with van der Waals surface area (Å²) in [6, 6.07) is 9.78. The minimum Gasteiger partial charge on any atom is -0.396 e. The van der Waals surface area contributed by atoms with Crippen LogP contribution in [0.1, 0.15) is 6.42 Å². The highest BCUT2D eigenvalue weighted by atomic mass is 16.5. The molecule has 0 amide bonds. The van der Waals surface area contributed by atoms with Gasteiger partial charge in [-0.25, -0.2) is 4.98 Å². The van der Waals surface area contributed by atoms with Crippen molar-refractivity contribution in [2.24, 2.45) is 0 Å². The van der Waals surface area contributed by atoms with E-state index in [1.165, 1.54) is 0 Å². The molecule has 98 valence electrons. The standard InChI is InChI=1S/C14H16N4O/c15-11-4-5-13(12-3-1-2-7-16-12)18-14(11)17-10-6-8-19-9-10/h1-5,7,10H,6,8-9,15H2,(H,17,18). The first-order valence-corrected chi connectivity index (χ1v) is 6.35. The Morgan fingerprint density at radius 1 is 1.21 bits per heavy atom. The molecule has 1 aliphatic rings. The van der Waals surface area contributed by atoms with Crippen LogP contribution in [0.5, 0.6) is 0 Å². The highest BCUT2D eigenvalue weighted by Gasteiger charge is 2.17. The molecule has 1 atom stereocenters. The Kier molecular flexibility index (Phi) is 3.29. The summed E-state index contributed by atoms with van der Waals surface area (Å²) in [4.78, 5) is 8.85. The zero-order valence-electron chi connectivity index (χ0n) is 10.5. The van der Waals surface area contributed by atoms with Crippen LogP contribution in [0.4, 0.5) is 11.5 Å². The first-order chi connectivity index (χ1) is 9.33. The van der Waals surface area contributed by atoms with Crippen molar-refractivity contribution in [3.63, 3.8) is 0 Å². The Bertz CT molecular complexity index is 553. The predicted molar refractivity (Wildman–Crippen MR) is 74.7 cm³/mol. The van der Waals surface area contributed by atoms with Crippen molar-refractivity contribution in [1.82, 2.24) is 9.97 Å². The maximum absolute atomic E-state index is 5.96. The van der Waals surface area contributed by atoms with E-state index in [0.29, 0.717) is 18.1 Å². The zero-order valence-corrected chi connectivity index (χ0v) is 10.5. The lowest BCUT2D eigenvalue weighted by atomic mass is 10.2. The lowest BCUT2D eigenvalue weighted by Crippen LogP contribution is -2.20. The van der Waals surface area contributed by atoms with Gasteiger partial charge in [-0.3, -0.25) is 4.98 Å². The minimum atomic E-state index is 0.286. The van der Waals surface area contributed by atoms with Crippen LogP contribution in [-0.4, -0.2) is 29.2 Å². The Balaban J connectivity index is 1.87. The highest BCUT2D eigenvalue weighted by Crippen LogP contribution is 2.23. The molecule has 1 unspecified atom stereocenters. The quantitative estimate of drug-likeness (QED) is 0.877. The smallest absolute Gasteiger partial charge is 0.150 e. The molecule has 1 saturated heterocycles. The molecule has 0 aromatic carbocycles. The van der Waals surface area contributed by atoms with Gasteiger partial charge in [0.05, 0.1) is 29.7 Å². The number of aromatic nitrogens is 2. The lowest BCUT2D eigenvalue weighted by Gasteiger charge is -2.14. The van der Waals surface area contributed by atoms with E-state index in [9.17, 15) is 0 Å². The van der Waals surface area contributed by atoms with E-state index in [2.05, 4.69) is 15.3 Å². The molecule has 5 nitrogen and oxygen atoms in total. The fourth-order valence-electron chi connectivity index (χ4n) is 2.08. The molecule has 3 heterocycles. The molecular formula is C14H16N4O. The largest absolute Gasteiger partial charge is 0.396 e. The van der Waals surface area contributed by atoms with Gasteiger partial charge >= 0.3 is 0 Å². The molecule has 1 fully saturated rings. The van der Waals surface area contributed by atoms with E-state index in [0.717, 1.165) is 24.4 Å². The first-order valence-electron chi connectivity index (χ1n) is 6.35. The van der Waals surface area contributed by atoms with Crippen LogP contribution in [0.3, 0.4) is 0 Å². The molecule has 0 radical (unpaired) electrons. The van der Waals surface area contributed by atoms with Crippen molar-refractivity contribution in [3.05, 3.63) is 36.5 Å². The average Bonchev–Trinajstić information content (AvgIpc) is 2.95. The summed E-state index contributed by atoms with van der Waals surface area (Å²) in [6.45, 7) is 1.49. The van der Waals surface area contributed by atoms with Crippen molar-refractivity contribution in [3.8, 4) is 11.4 Å². The molecule has 3 rings (SSSR count). The van der Waals surface area contributed by atoms with Gasteiger partial charge < -0.3 is 15.8 Å². The van der Waals surface area contributed by atoms with Gasteiger partial charge in [0.15, 0.2) is 0 Å². The van der Waals surface area contributed by atoms with Crippen LogP contribution in [-0.2, 0) is 4.74 Å². The Hall–Kier alpha value is -2.14. The second-order valence-corrected chi connectivity index (χ2v) is 4.55. The van der Waals surface area contributed by atoms with Gasteiger partial charge in [-0.05, 0) is 30.7 Å². The Labute approximate surface area is 111 Å². The average molecular weight is 256 g/mol. The molecule has 3 N–H and O–H groups in total. The maximum atomic E-state index is 5.96. The summed E-state index contributed by atoms with van der Waals surface area (Å²) in [7, 11) is 0. The third-order valence-electron chi connectivity index (χ3n) is 3.12. The molecule has 0 spiro atoms. The normalized spacial score (nSPS) is 18.4. The minimum absolute atomic E-state index is 0.286. The van der Waals surface area contributed by atoms with Gasteiger partial charge in [-0.1, -0.05) is 6.07 Å². The molecule has 19 heavy (non-hydrogen) atoms. The molecule has 2 aromatic rings. The lowest BCUT2D eigenvalue weighted by molar-refractivity contribution is 0.195. The number of nitrogens with zero attached hydrogens (tertiary/aromatic N) is 2. The summed E-state index contributed by atoms with van der Waals surface area (Å²) in [5.41, 5.74) is 8.26. The third-order valence-corrected chi connectivity index (χ3v) is 3.12. The summed E-state index contributed by atoms with van der Waals surface area (Å²) < 4.78 is 5.34. The summed E-state index contributed by atoms with van der Waals surface area (Å²) in [6.07, 6.45) is 2.74. The van der Waals surface area contributed by atoms with E-state index in [4.69, 9.17) is 10.5 Å². The summed E-state index contributed by atoms with van der Waals surface area (Å²) in [5, 5.41) is 3.33. The first kappa shape index (κ1) is 11.9. The van der Waals surface area contributed by atoms with E-state index in [1.54, 1.807) is 6.20 Å². The van der Waals surface area contributed by atoms with Crippen molar-refractivity contribution in [2.45, 2.75) is 12.5 Å². The molecule has 5 heteroatoms. The molecule has 0 saturated carbocycles. The van der Waals surface area contributed by atoms with Crippen LogP contribution in [0.2, 0.25) is 0 Å². The van der Waals surface area contributed by atoms with Gasteiger partial charge in [0.25, 0.3) is 0 Å². The molecular weight excluding hydrogens is 240 g/mol. The highest BCUT2D eigenvalue weighted by molar-refractivity contribution is 5.67. The monoisotopic (exact) mass is 256 g/mol. The fourth-order valence-corrected chi connectivity index (χ4v) is 2.08. The summed E-state index contributed by atoms with van der Waals surface area (Å²) in [5.74, 6) is 0.707. The second kappa shape index (κ2) is 5.24. The van der Waals surface area contributed by atoms with Gasteiger partial charge in [0.2, 0.25) is 0 Å². The van der Waals surface area contributed by atoms with Crippen LogP contribution >= 0.6 is 0 Å². The van der Waals surface area contributed by atoms with Gasteiger partial charge in [-0.2, -0.15) is 0 Å². The van der Waals surface area contributed by atoms with Crippen molar-refractivity contribution < 1.29 is 4.74 Å².